The van der Waals surface area contributed by atoms with Gasteiger partial charge in [0.2, 0.25) is 10.0 Å². The second kappa shape index (κ2) is 11.9. The normalized spacial score (nSPS) is 24.0. The van der Waals surface area contributed by atoms with Crippen LogP contribution >= 0.6 is 11.6 Å². The van der Waals surface area contributed by atoms with Gasteiger partial charge in [-0.3, -0.25) is 0 Å². The van der Waals surface area contributed by atoms with Gasteiger partial charge in [-0.25, -0.2) is 17.6 Å². The lowest BCUT2D eigenvalue weighted by Gasteiger charge is -2.40. The van der Waals surface area contributed by atoms with Crippen LogP contribution in [0.2, 0.25) is 5.02 Å². The Bertz CT molecular complexity index is 1210. The van der Waals surface area contributed by atoms with E-state index in [1.165, 1.54) is 60.0 Å². The number of benzene rings is 2. The molecule has 5 rings (SSSR count). The van der Waals surface area contributed by atoms with Crippen LogP contribution in [0.3, 0.4) is 0 Å². The minimum Gasteiger partial charge on any atom is -0.448 e. The number of carbonyl (C=O) groups is 1. The SMILES string of the molecule is O=C(OC[C@H]1CCC(c2cccc(F)c2)N1S(=O)(=O)c1ccc(Cl)cc1)N1CCC(N2CCCCC2)CC1. The molecule has 10 heteroatoms. The molecule has 0 N–H and O–H groups in total. The molecule has 7 nitrogen and oxygen atoms in total. The summed E-state index contributed by atoms with van der Waals surface area (Å²) in [5.74, 6) is -0.422. The van der Waals surface area contributed by atoms with Crippen molar-refractivity contribution < 1.29 is 22.3 Å². The number of halogens is 2. The topological polar surface area (TPSA) is 70.2 Å². The van der Waals surface area contributed by atoms with Crippen molar-refractivity contribution in [2.24, 2.45) is 0 Å². The molecule has 3 aliphatic rings. The van der Waals surface area contributed by atoms with Crippen LogP contribution in [0, 0.1) is 5.82 Å². The van der Waals surface area contributed by atoms with E-state index in [9.17, 15) is 17.6 Å². The van der Waals surface area contributed by atoms with E-state index in [2.05, 4.69) is 4.90 Å². The van der Waals surface area contributed by atoms with Gasteiger partial charge in [0.1, 0.15) is 12.4 Å². The van der Waals surface area contributed by atoms with Crippen LogP contribution in [0.5, 0.6) is 0 Å². The van der Waals surface area contributed by atoms with E-state index in [4.69, 9.17) is 16.3 Å². The predicted octanol–water partition coefficient (Wildman–Crippen LogP) is 5.46. The van der Waals surface area contributed by atoms with Crippen LogP contribution in [0.25, 0.3) is 0 Å². The maximum absolute atomic E-state index is 14.1. The molecule has 2 aromatic rings. The van der Waals surface area contributed by atoms with Crippen molar-refractivity contribution in [3.63, 3.8) is 0 Å². The molecule has 0 saturated carbocycles. The van der Waals surface area contributed by atoms with E-state index in [1.807, 2.05) is 0 Å². The number of piperidine rings is 2. The molecule has 0 radical (unpaired) electrons. The molecular formula is C28H35ClFN3O4S. The molecule has 0 bridgehead atoms. The Hall–Kier alpha value is -2.20. The van der Waals surface area contributed by atoms with Crippen LogP contribution in [0.1, 0.15) is 56.6 Å². The van der Waals surface area contributed by atoms with E-state index in [1.54, 1.807) is 17.0 Å². The number of hydrogen-bond donors (Lipinski definition) is 0. The van der Waals surface area contributed by atoms with E-state index in [0.29, 0.717) is 42.6 Å². The average molecular weight is 564 g/mol. The van der Waals surface area contributed by atoms with Gasteiger partial charge >= 0.3 is 6.09 Å². The van der Waals surface area contributed by atoms with E-state index >= 15 is 0 Å². The average Bonchev–Trinajstić information content (AvgIpc) is 3.38. The highest BCUT2D eigenvalue weighted by Crippen LogP contribution is 2.41. The second-order valence-corrected chi connectivity index (χ2v) is 12.8. The number of nitrogens with zero attached hydrogens (tertiary/aromatic N) is 3. The number of hydrogen-bond acceptors (Lipinski definition) is 5. The smallest absolute Gasteiger partial charge is 0.409 e. The van der Waals surface area contributed by atoms with Crippen molar-refractivity contribution in [3.8, 4) is 0 Å². The lowest BCUT2D eigenvalue weighted by Crippen LogP contribution is -2.48. The van der Waals surface area contributed by atoms with Gasteiger partial charge in [0.25, 0.3) is 0 Å². The summed E-state index contributed by atoms with van der Waals surface area (Å²) in [7, 11) is -3.97. The first-order chi connectivity index (χ1) is 18.3. The minimum absolute atomic E-state index is 0.0521. The first-order valence-corrected chi connectivity index (χ1v) is 15.3. The molecule has 38 heavy (non-hydrogen) atoms. The molecule has 1 amide bonds. The number of rotatable bonds is 6. The Balaban J connectivity index is 1.27. The Morgan fingerprint density at radius 1 is 0.947 bits per heavy atom. The minimum atomic E-state index is -3.97. The van der Waals surface area contributed by atoms with E-state index in [0.717, 1.165) is 25.9 Å². The molecule has 0 spiro atoms. The summed E-state index contributed by atoms with van der Waals surface area (Å²) in [4.78, 5) is 17.3. The Labute approximate surface area is 229 Å². The highest BCUT2D eigenvalue weighted by atomic mass is 35.5. The van der Waals surface area contributed by atoms with Gasteiger partial charge in [-0.1, -0.05) is 30.2 Å². The molecule has 1 unspecified atom stereocenters. The van der Waals surface area contributed by atoms with Crippen LogP contribution in [-0.2, 0) is 14.8 Å². The zero-order valence-corrected chi connectivity index (χ0v) is 23.0. The summed E-state index contributed by atoms with van der Waals surface area (Å²) in [6.07, 6.45) is 6.24. The third kappa shape index (κ3) is 6.01. The molecule has 3 fully saturated rings. The summed E-state index contributed by atoms with van der Waals surface area (Å²) in [5.41, 5.74) is 0.580. The Kier molecular flexibility index (Phi) is 8.57. The first-order valence-electron chi connectivity index (χ1n) is 13.5. The maximum Gasteiger partial charge on any atom is 0.409 e. The standard InChI is InChI=1S/C28H35ClFN3O4S/c29-22-7-10-26(11-8-22)38(35,36)33-25(9-12-27(33)21-5-4-6-23(30)19-21)20-37-28(34)32-17-13-24(14-18-32)31-15-2-1-3-16-31/h4-8,10-11,19,24-25,27H,1-3,9,12-18,20H2/t25-,27?/m1/s1. The van der Waals surface area contributed by atoms with Crippen LogP contribution in [-0.4, -0.2) is 73.5 Å². The Morgan fingerprint density at radius 2 is 1.66 bits per heavy atom. The summed E-state index contributed by atoms with van der Waals surface area (Å²) in [5, 5.41) is 0.432. The number of amides is 1. The molecule has 3 saturated heterocycles. The van der Waals surface area contributed by atoms with Crippen molar-refractivity contribution in [3.05, 3.63) is 64.9 Å². The molecule has 3 heterocycles. The number of ether oxygens (including phenoxy) is 1. The van der Waals surface area contributed by atoms with Gasteiger partial charge in [-0.05, 0) is 93.6 Å². The van der Waals surface area contributed by atoms with Crippen molar-refractivity contribution in [2.75, 3.05) is 32.8 Å². The summed E-state index contributed by atoms with van der Waals surface area (Å²) in [6.45, 7) is 3.51. The van der Waals surface area contributed by atoms with Crippen molar-refractivity contribution in [1.82, 2.24) is 14.1 Å². The number of sulfonamides is 1. The van der Waals surface area contributed by atoms with Gasteiger partial charge in [-0.2, -0.15) is 4.31 Å². The van der Waals surface area contributed by atoms with Crippen LogP contribution in [0.4, 0.5) is 9.18 Å². The number of carbonyl (C=O) groups excluding carboxylic acids is 1. The lowest BCUT2D eigenvalue weighted by molar-refractivity contribution is 0.0575. The third-order valence-corrected chi connectivity index (χ3v) is 10.3. The second-order valence-electron chi connectivity index (χ2n) is 10.5. The molecular weight excluding hydrogens is 529 g/mol. The van der Waals surface area contributed by atoms with Crippen molar-refractivity contribution in [2.45, 2.75) is 68.0 Å². The fraction of sp³-hybridized carbons (Fsp3) is 0.536. The number of likely N-dealkylation sites (tertiary alicyclic amines) is 2. The van der Waals surface area contributed by atoms with E-state index < -0.39 is 34.0 Å². The van der Waals surface area contributed by atoms with Gasteiger partial charge in [0.05, 0.1) is 17.0 Å². The fourth-order valence-electron chi connectivity index (χ4n) is 6.09. The zero-order valence-electron chi connectivity index (χ0n) is 21.5. The van der Waals surface area contributed by atoms with Gasteiger partial charge in [-0.15, -0.1) is 0 Å². The lowest BCUT2D eigenvalue weighted by atomic mass is 10.0. The van der Waals surface area contributed by atoms with Crippen LogP contribution < -0.4 is 0 Å². The fourth-order valence-corrected chi connectivity index (χ4v) is 8.06. The quantitative estimate of drug-likeness (QED) is 0.467. The summed E-state index contributed by atoms with van der Waals surface area (Å²) in [6, 6.07) is 11.4. The highest BCUT2D eigenvalue weighted by molar-refractivity contribution is 7.89. The molecule has 0 aromatic heterocycles. The zero-order chi connectivity index (χ0) is 26.7. The largest absolute Gasteiger partial charge is 0.448 e. The third-order valence-electron chi connectivity index (χ3n) is 8.09. The van der Waals surface area contributed by atoms with Gasteiger partial charge in [0.15, 0.2) is 0 Å². The summed E-state index contributed by atoms with van der Waals surface area (Å²) < 4.78 is 48.7. The Morgan fingerprint density at radius 3 is 2.34 bits per heavy atom. The van der Waals surface area contributed by atoms with E-state index in [-0.39, 0.29) is 11.5 Å². The van der Waals surface area contributed by atoms with Gasteiger partial charge in [0, 0.05) is 24.2 Å². The summed E-state index contributed by atoms with van der Waals surface area (Å²) >= 11 is 5.99. The highest BCUT2D eigenvalue weighted by Gasteiger charge is 2.44. The molecule has 2 atom stereocenters. The maximum atomic E-state index is 14.1. The van der Waals surface area contributed by atoms with Crippen LogP contribution in [0.15, 0.2) is 53.4 Å². The molecule has 206 valence electrons. The van der Waals surface area contributed by atoms with Crippen molar-refractivity contribution in [1.29, 1.82) is 0 Å². The first kappa shape index (κ1) is 27.4. The predicted molar refractivity (Wildman–Crippen MR) is 144 cm³/mol. The molecule has 2 aromatic carbocycles. The van der Waals surface area contributed by atoms with Crippen molar-refractivity contribution >= 4 is 27.7 Å². The molecule has 3 aliphatic heterocycles. The van der Waals surface area contributed by atoms with Gasteiger partial charge < -0.3 is 14.5 Å². The monoisotopic (exact) mass is 563 g/mol. The molecule has 0 aliphatic carbocycles.